The van der Waals surface area contributed by atoms with Crippen molar-refractivity contribution in [1.82, 2.24) is 0 Å². The molecule has 0 aliphatic carbocycles. The van der Waals surface area contributed by atoms with E-state index in [1.165, 1.54) is 11.8 Å². The Balaban J connectivity index is 1.64. The highest BCUT2D eigenvalue weighted by Gasteiger charge is 2.21. The smallest absolute Gasteiger partial charge is 0.266 e. The van der Waals surface area contributed by atoms with Crippen LogP contribution in [0.15, 0.2) is 59.5 Å². The number of para-hydroxylation sites is 1. The van der Waals surface area contributed by atoms with Crippen LogP contribution in [0.3, 0.4) is 0 Å². The number of hydrogen-bond acceptors (Lipinski definition) is 6. The number of amides is 3. The fourth-order valence-corrected chi connectivity index (χ4v) is 4.91. The van der Waals surface area contributed by atoms with Gasteiger partial charge in [-0.2, -0.15) is 5.26 Å². The lowest BCUT2D eigenvalue weighted by Crippen LogP contribution is -2.14. The lowest BCUT2D eigenvalue weighted by atomic mass is 10.1. The highest BCUT2D eigenvalue weighted by Crippen LogP contribution is 2.33. The molecular formula is C25H24N4O3S2. The van der Waals surface area contributed by atoms with Crippen LogP contribution < -0.4 is 16.0 Å². The molecule has 34 heavy (non-hydrogen) atoms. The number of anilines is 3. The number of rotatable bonds is 9. The standard InChI is InChI=1S/C25H24N4O3S2/c1-3-8-21(30)27-18-11-7-12-19(13-18)33-15-22(31)29-25-20(14-26)16(2)23(34-25)24(32)28-17-9-5-4-6-10-17/h4-7,9-13H,3,8,15H2,1-2H3,(H,27,30)(H,28,32)(H,29,31). The zero-order chi connectivity index (χ0) is 24.5. The van der Waals surface area contributed by atoms with Crippen LogP contribution >= 0.6 is 23.1 Å². The highest BCUT2D eigenvalue weighted by molar-refractivity contribution is 8.00. The zero-order valence-corrected chi connectivity index (χ0v) is 20.4. The van der Waals surface area contributed by atoms with Crippen LogP contribution in [0.25, 0.3) is 0 Å². The first-order chi connectivity index (χ1) is 16.4. The molecule has 3 rings (SSSR count). The molecule has 2 aromatic carbocycles. The predicted molar refractivity (Wildman–Crippen MR) is 137 cm³/mol. The van der Waals surface area contributed by atoms with E-state index in [2.05, 4.69) is 22.0 Å². The maximum atomic E-state index is 12.7. The van der Waals surface area contributed by atoms with Crippen LogP contribution in [0.4, 0.5) is 16.4 Å². The minimum absolute atomic E-state index is 0.0494. The molecule has 9 heteroatoms. The zero-order valence-electron chi connectivity index (χ0n) is 18.8. The number of carbonyl (C=O) groups is 3. The van der Waals surface area contributed by atoms with E-state index in [0.717, 1.165) is 22.7 Å². The average molecular weight is 493 g/mol. The van der Waals surface area contributed by atoms with Gasteiger partial charge in [-0.05, 0) is 49.2 Å². The molecule has 1 aromatic heterocycles. The van der Waals surface area contributed by atoms with Crippen molar-refractivity contribution in [2.24, 2.45) is 0 Å². The van der Waals surface area contributed by atoms with E-state index in [0.29, 0.717) is 33.2 Å². The Labute approximate surface area is 206 Å². The molecule has 0 fully saturated rings. The van der Waals surface area contributed by atoms with Crippen molar-refractivity contribution in [3.8, 4) is 6.07 Å². The van der Waals surface area contributed by atoms with Crippen molar-refractivity contribution in [2.75, 3.05) is 21.7 Å². The first-order valence-corrected chi connectivity index (χ1v) is 12.4. The number of hydrogen-bond donors (Lipinski definition) is 3. The molecule has 1 heterocycles. The molecular weight excluding hydrogens is 468 g/mol. The molecule has 3 amide bonds. The number of benzene rings is 2. The number of nitrogens with zero attached hydrogens (tertiary/aromatic N) is 1. The van der Waals surface area contributed by atoms with Crippen molar-refractivity contribution in [1.29, 1.82) is 5.26 Å². The SMILES string of the molecule is CCCC(=O)Nc1cccc(SCC(=O)Nc2sc(C(=O)Nc3ccccc3)c(C)c2C#N)c1. The van der Waals surface area contributed by atoms with Gasteiger partial charge < -0.3 is 16.0 Å². The van der Waals surface area contributed by atoms with Crippen molar-refractivity contribution in [2.45, 2.75) is 31.6 Å². The van der Waals surface area contributed by atoms with Crippen LogP contribution in [0.5, 0.6) is 0 Å². The molecule has 0 aliphatic rings. The summed E-state index contributed by atoms with van der Waals surface area (Å²) in [6.45, 7) is 3.63. The minimum atomic E-state index is -0.331. The van der Waals surface area contributed by atoms with Crippen LogP contribution in [0.1, 0.15) is 40.6 Å². The molecule has 0 atom stereocenters. The summed E-state index contributed by atoms with van der Waals surface area (Å²) in [5, 5.41) is 18.3. The highest BCUT2D eigenvalue weighted by atomic mass is 32.2. The van der Waals surface area contributed by atoms with Gasteiger partial charge in [0, 0.05) is 22.7 Å². The Bertz CT molecular complexity index is 1230. The second-order valence-corrected chi connectivity index (χ2v) is 9.42. The quantitative estimate of drug-likeness (QED) is 0.334. The van der Waals surface area contributed by atoms with Crippen molar-refractivity contribution in [3.63, 3.8) is 0 Å². The molecule has 0 aliphatic heterocycles. The lowest BCUT2D eigenvalue weighted by molar-refractivity contribution is -0.116. The molecule has 7 nitrogen and oxygen atoms in total. The fraction of sp³-hybridized carbons (Fsp3) is 0.200. The van der Waals surface area contributed by atoms with E-state index >= 15 is 0 Å². The molecule has 0 spiro atoms. The van der Waals surface area contributed by atoms with Gasteiger partial charge in [0.2, 0.25) is 11.8 Å². The van der Waals surface area contributed by atoms with E-state index in [9.17, 15) is 19.6 Å². The van der Waals surface area contributed by atoms with E-state index < -0.39 is 0 Å². The topological polar surface area (TPSA) is 111 Å². The van der Waals surface area contributed by atoms with Crippen LogP contribution in [0, 0.1) is 18.3 Å². The Kier molecular flexibility index (Phi) is 8.85. The third-order valence-electron chi connectivity index (χ3n) is 4.71. The third-order valence-corrected chi connectivity index (χ3v) is 6.91. The van der Waals surface area contributed by atoms with Gasteiger partial charge in [-0.25, -0.2) is 0 Å². The van der Waals surface area contributed by atoms with E-state index in [-0.39, 0.29) is 29.0 Å². The van der Waals surface area contributed by atoms with Gasteiger partial charge in [0.05, 0.1) is 16.2 Å². The van der Waals surface area contributed by atoms with Gasteiger partial charge in [-0.3, -0.25) is 14.4 Å². The maximum Gasteiger partial charge on any atom is 0.266 e. The minimum Gasteiger partial charge on any atom is -0.326 e. The number of nitrogens with one attached hydrogen (secondary N) is 3. The van der Waals surface area contributed by atoms with E-state index in [1.54, 1.807) is 25.1 Å². The molecule has 3 N–H and O–H groups in total. The summed E-state index contributed by atoms with van der Waals surface area (Å²) in [4.78, 5) is 38.3. The summed E-state index contributed by atoms with van der Waals surface area (Å²) >= 11 is 2.39. The average Bonchev–Trinajstić information content (AvgIpc) is 3.13. The summed E-state index contributed by atoms with van der Waals surface area (Å²) in [5.74, 6) is -0.563. The number of thioether (sulfide) groups is 1. The van der Waals surface area contributed by atoms with E-state index in [1.807, 2.05) is 43.3 Å². The van der Waals surface area contributed by atoms with Gasteiger partial charge in [0.15, 0.2) is 0 Å². The Morgan fingerprint density at radius 2 is 1.71 bits per heavy atom. The molecule has 0 saturated heterocycles. The molecule has 0 radical (unpaired) electrons. The van der Waals surface area contributed by atoms with Gasteiger partial charge in [-0.1, -0.05) is 31.2 Å². The second-order valence-electron chi connectivity index (χ2n) is 7.36. The Hall–Kier alpha value is -3.61. The van der Waals surface area contributed by atoms with Gasteiger partial charge >= 0.3 is 0 Å². The summed E-state index contributed by atoms with van der Waals surface area (Å²) in [7, 11) is 0. The predicted octanol–water partition coefficient (Wildman–Crippen LogP) is 5.65. The molecule has 3 aromatic rings. The molecule has 0 unspecified atom stereocenters. The maximum absolute atomic E-state index is 12.7. The largest absolute Gasteiger partial charge is 0.326 e. The summed E-state index contributed by atoms with van der Waals surface area (Å²) in [6, 6.07) is 18.4. The van der Waals surface area contributed by atoms with Crippen molar-refractivity contribution in [3.05, 3.63) is 70.6 Å². The van der Waals surface area contributed by atoms with Crippen LogP contribution in [-0.4, -0.2) is 23.5 Å². The monoisotopic (exact) mass is 492 g/mol. The third kappa shape index (κ3) is 6.70. The van der Waals surface area contributed by atoms with Gasteiger partial charge in [0.25, 0.3) is 5.91 Å². The summed E-state index contributed by atoms with van der Waals surface area (Å²) < 4.78 is 0. The van der Waals surface area contributed by atoms with Crippen LogP contribution in [-0.2, 0) is 9.59 Å². The summed E-state index contributed by atoms with van der Waals surface area (Å²) in [6.07, 6.45) is 1.22. The molecule has 0 saturated carbocycles. The summed E-state index contributed by atoms with van der Waals surface area (Å²) in [5.41, 5.74) is 2.13. The van der Waals surface area contributed by atoms with Crippen LogP contribution in [0.2, 0.25) is 0 Å². The van der Waals surface area contributed by atoms with Gasteiger partial charge in [-0.15, -0.1) is 23.1 Å². The number of thiophene rings is 1. The number of nitriles is 1. The first kappa shape index (κ1) is 25.0. The van der Waals surface area contributed by atoms with Crippen molar-refractivity contribution < 1.29 is 14.4 Å². The molecule has 174 valence electrons. The normalized spacial score (nSPS) is 10.3. The second kappa shape index (κ2) is 12.0. The Morgan fingerprint density at radius 1 is 0.971 bits per heavy atom. The fourth-order valence-electron chi connectivity index (χ4n) is 3.09. The lowest BCUT2D eigenvalue weighted by Gasteiger charge is -2.07. The molecule has 0 bridgehead atoms. The van der Waals surface area contributed by atoms with Crippen molar-refractivity contribution >= 4 is 57.2 Å². The first-order valence-electron chi connectivity index (χ1n) is 10.6. The van der Waals surface area contributed by atoms with Gasteiger partial charge in [0.1, 0.15) is 11.1 Å². The number of carbonyl (C=O) groups excluding carboxylic acids is 3. The Morgan fingerprint density at radius 3 is 2.41 bits per heavy atom. The van der Waals surface area contributed by atoms with E-state index in [4.69, 9.17) is 0 Å².